The van der Waals surface area contributed by atoms with Gasteiger partial charge in [0.1, 0.15) is 0 Å². The standard InChI is InChI=1S/C21H28N4O3S/c1-4-28-20(27)11-17-14-29-21(22-17)23-19(26)13-24-9-10-25(16(3)12-24)18-7-5-15(2)6-8-18/h5-8,14,16H,4,9-13H2,1-3H3,(H,22,23,26). The van der Waals surface area contributed by atoms with E-state index >= 15 is 0 Å². The van der Waals surface area contributed by atoms with Gasteiger partial charge in [0, 0.05) is 36.7 Å². The number of rotatable bonds is 7. The Labute approximate surface area is 175 Å². The summed E-state index contributed by atoms with van der Waals surface area (Å²) in [5.41, 5.74) is 3.09. The molecular formula is C21H28N4O3S. The number of thiazole rings is 1. The van der Waals surface area contributed by atoms with Gasteiger partial charge in [-0.2, -0.15) is 0 Å². The van der Waals surface area contributed by atoms with Crippen molar-refractivity contribution in [3.8, 4) is 0 Å². The summed E-state index contributed by atoms with van der Waals surface area (Å²) >= 11 is 1.32. The van der Waals surface area contributed by atoms with E-state index in [9.17, 15) is 9.59 Å². The molecule has 1 aliphatic heterocycles. The molecule has 1 atom stereocenters. The lowest BCUT2D eigenvalue weighted by Gasteiger charge is -2.41. The molecule has 0 saturated carbocycles. The number of carbonyl (C=O) groups is 2. The highest BCUT2D eigenvalue weighted by atomic mass is 32.1. The van der Waals surface area contributed by atoms with E-state index in [4.69, 9.17) is 4.74 Å². The predicted molar refractivity (Wildman–Crippen MR) is 116 cm³/mol. The summed E-state index contributed by atoms with van der Waals surface area (Å²) < 4.78 is 4.92. The lowest BCUT2D eigenvalue weighted by atomic mass is 10.1. The van der Waals surface area contributed by atoms with E-state index in [0.717, 1.165) is 19.6 Å². The van der Waals surface area contributed by atoms with Crippen LogP contribution in [0, 0.1) is 6.92 Å². The quantitative estimate of drug-likeness (QED) is 0.700. The van der Waals surface area contributed by atoms with Crippen LogP contribution in [0.3, 0.4) is 0 Å². The largest absolute Gasteiger partial charge is 0.466 e. The third-order valence-corrected chi connectivity index (χ3v) is 5.68. The molecule has 8 heteroatoms. The zero-order chi connectivity index (χ0) is 20.8. The molecule has 2 heterocycles. The minimum Gasteiger partial charge on any atom is -0.466 e. The monoisotopic (exact) mass is 416 g/mol. The molecule has 0 spiro atoms. The van der Waals surface area contributed by atoms with Crippen LogP contribution in [0.1, 0.15) is 25.1 Å². The van der Waals surface area contributed by atoms with Gasteiger partial charge in [0.15, 0.2) is 5.13 Å². The van der Waals surface area contributed by atoms with Gasteiger partial charge in [-0.25, -0.2) is 4.98 Å². The highest BCUT2D eigenvalue weighted by Crippen LogP contribution is 2.21. The van der Waals surface area contributed by atoms with Crippen molar-refractivity contribution >= 4 is 34.0 Å². The van der Waals surface area contributed by atoms with E-state index in [0.29, 0.717) is 30.0 Å². The number of esters is 1. The topological polar surface area (TPSA) is 74.8 Å². The van der Waals surface area contributed by atoms with Gasteiger partial charge >= 0.3 is 5.97 Å². The maximum atomic E-state index is 12.4. The average Bonchev–Trinajstić information content (AvgIpc) is 3.09. The van der Waals surface area contributed by atoms with Gasteiger partial charge in [0.05, 0.1) is 25.3 Å². The van der Waals surface area contributed by atoms with Crippen molar-refractivity contribution < 1.29 is 14.3 Å². The number of nitrogens with zero attached hydrogens (tertiary/aromatic N) is 3. The van der Waals surface area contributed by atoms with Crippen LogP contribution in [0.4, 0.5) is 10.8 Å². The van der Waals surface area contributed by atoms with Gasteiger partial charge in [0.2, 0.25) is 5.91 Å². The Morgan fingerprint density at radius 1 is 1.28 bits per heavy atom. The Morgan fingerprint density at radius 2 is 2.03 bits per heavy atom. The Morgan fingerprint density at radius 3 is 2.72 bits per heavy atom. The van der Waals surface area contributed by atoms with E-state index in [1.54, 1.807) is 12.3 Å². The molecule has 7 nitrogen and oxygen atoms in total. The summed E-state index contributed by atoms with van der Waals surface area (Å²) in [7, 11) is 0. The fraction of sp³-hybridized carbons (Fsp3) is 0.476. The van der Waals surface area contributed by atoms with Gasteiger partial charge < -0.3 is 15.0 Å². The molecule has 1 unspecified atom stereocenters. The minimum atomic E-state index is -0.309. The molecule has 1 fully saturated rings. The number of benzene rings is 1. The van der Waals surface area contributed by atoms with Crippen molar-refractivity contribution in [3.63, 3.8) is 0 Å². The van der Waals surface area contributed by atoms with Crippen molar-refractivity contribution in [1.29, 1.82) is 0 Å². The summed E-state index contributed by atoms with van der Waals surface area (Å²) in [6.07, 6.45) is 0.124. The smallest absolute Gasteiger partial charge is 0.311 e. The number of anilines is 2. The normalized spacial score (nSPS) is 17.2. The second-order valence-electron chi connectivity index (χ2n) is 7.29. The number of piperazine rings is 1. The Balaban J connectivity index is 1.47. The molecule has 156 valence electrons. The maximum Gasteiger partial charge on any atom is 0.311 e. The maximum absolute atomic E-state index is 12.4. The van der Waals surface area contributed by atoms with Gasteiger partial charge in [-0.1, -0.05) is 17.7 Å². The van der Waals surface area contributed by atoms with Crippen LogP contribution >= 0.6 is 11.3 Å². The summed E-state index contributed by atoms with van der Waals surface area (Å²) in [4.78, 5) is 32.8. The Kier molecular flexibility index (Phi) is 7.22. The number of carbonyl (C=O) groups excluding carboxylic acids is 2. The lowest BCUT2D eigenvalue weighted by Crippen LogP contribution is -2.53. The van der Waals surface area contributed by atoms with E-state index < -0.39 is 0 Å². The number of nitrogens with one attached hydrogen (secondary N) is 1. The molecule has 0 aliphatic carbocycles. The highest BCUT2D eigenvalue weighted by Gasteiger charge is 2.25. The van der Waals surface area contributed by atoms with Crippen molar-refractivity contribution in [1.82, 2.24) is 9.88 Å². The second-order valence-corrected chi connectivity index (χ2v) is 8.15. The zero-order valence-electron chi connectivity index (χ0n) is 17.2. The predicted octanol–water partition coefficient (Wildman–Crippen LogP) is 2.71. The summed E-state index contributed by atoms with van der Waals surface area (Å²) in [5.74, 6) is -0.394. The van der Waals surface area contributed by atoms with Crippen LogP contribution in [-0.2, 0) is 20.7 Å². The Hall–Kier alpha value is -2.45. The molecule has 0 bridgehead atoms. The molecule has 1 aliphatic rings. The van der Waals surface area contributed by atoms with Gasteiger partial charge in [-0.3, -0.25) is 14.5 Å². The van der Waals surface area contributed by atoms with Crippen LogP contribution in [-0.4, -0.2) is 60.6 Å². The SMILES string of the molecule is CCOC(=O)Cc1csc(NC(=O)CN2CCN(c3ccc(C)cc3)C(C)C2)n1. The van der Waals surface area contributed by atoms with Gasteiger partial charge in [-0.05, 0) is 32.9 Å². The summed E-state index contributed by atoms with van der Waals surface area (Å²) in [5, 5.41) is 5.13. The Bertz CT molecular complexity index is 837. The number of aromatic nitrogens is 1. The second kappa shape index (κ2) is 9.84. The summed E-state index contributed by atoms with van der Waals surface area (Å²) in [6.45, 7) is 9.27. The van der Waals surface area contributed by atoms with Crippen LogP contribution in [0.25, 0.3) is 0 Å². The first kappa shape index (κ1) is 21.3. The first-order valence-electron chi connectivity index (χ1n) is 9.90. The van der Waals surface area contributed by atoms with Gasteiger partial charge in [-0.15, -0.1) is 11.3 Å². The number of aryl methyl sites for hydroxylation is 1. The van der Waals surface area contributed by atoms with E-state index in [1.807, 2.05) is 0 Å². The molecular weight excluding hydrogens is 388 g/mol. The molecule has 1 amide bonds. The van der Waals surface area contributed by atoms with E-state index in [1.165, 1.54) is 22.6 Å². The molecule has 1 aromatic carbocycles. The molecule has 1 aromatic heterocycles. The zero-order valence-corrected chi connectivity index (χ0v) is 18.0. The van der Waals surface area contributed by atoms with Crippen LogP contribution in [0.15, 0.2) is 29.6 Å². The van der Waals surface area contributed by atoms with Crippen LogP contribution < -0.4 is 10.2 Å². The van der Waals surface area contributed by atoms with E-state index in [-0.39, 0.29) is 18.3 Å². The van der Waals surface area contributed by atoms with Crippen molar-refractivity contribution in [2.45, 2.75) is 33.2 Å². The molecule has 1 N–H and O–H groups in total. The van der Waals surface area contributed by atoms with Crippen molar-refractivity contribution in [3.05, 3.63) is 40.9 Å². The van der Waals surface area contributed by atoms with Crippen molar-refractivity contribution in [2.75, 3.05) is 43.0 Å². The van der Waals surface area contributed by atoms with Gasteiger partial charge in [0.25, 0.3) is 0 Å². The average molecular weight is 417 g/mol. The number of hydrogen-bond donors (Lipinski definition) is 1. The minimum absolute atomic E-state index is 0.0852. The fourth-order valence-corrected chi connectivity index (χ4v) is 4.19. The highest BCUT2D eigenvalue weighted by molar-refractivity contribution is 7.13. The first-order valence-corrected chi connectivity index (χ1v) is 10.8. The number of ether oxygens (including phenoxy) is 1. The molecule has 1 saturated heterocycles. The molecule has 0 radical (unpaired) electrons. The fourth-order valence-electron chi connectivity index (χ4n) is 3.46. The summed E-state index contributed by atoms with van der Waals surface area (Å²) in [6, 6.07) is 8.91. The number of hydrogen-bond acceptors (Lipinski definition) is 7. The third-order valence-electron chi connectivity index (χ3n) is 4.87. The molecule has 2 aromatic rings. The first-order chi connectivity index (χ1) is 13.9. The van der Waals surface area contributed by atoms with Crippen LogP contribution in [0.2, 0.25) is 0 Å². The van der Waals surface area contributed by atoms with Crippen LogP contribution in [0.5, 0.6) is 0 Å². The molecule has 29 heavy (non-hydrogen) atoms. The third kappa shape index (κ3) is 6.01. The van der Waals surface area contributed by atoms with E-state index in [2.05, 4.69) is 58.2 Å². The van der Waals surface area contributed by atoms with Crippen molar-refractivity contribution in [2.24, 2.45) is 0 Å². The lowest BCUT2D eigenvalue weighted by molar-refractivity contribution is -0.142. The molecule has 3 rings (SSSR count). The number of amides is 1.